The minimum absolute atomic E-state index is 0.829. The summed E-state index contributed by atoms with van der Waals surface area (Å²) in [6.45, 7) is 0. The fourth-order valence-electron chi connectivity index (χ4n) is 7.44. The van der Waals surface area contributed by atoms with Gasteiger partial charge in [-0.05, 0) is 90.5 Å². The van der Waals surface area contributed by atoms with Crippen molar-refractivity contribution in [3.8, 4) is 33.4 Å². The molecule has 10 rings (SSSR count). The van der Waals surface area contributed by atoms with Gasteiger partial charge in [0.1, 0.15) is 16.7 Å². The van der Waals surface area contributed by atoms with Gasteiger partial charge < -0.3 is 8.83 Å². The zero-order valence-electron chi connectivity index (χ0n) is 24.8. The third-order valence-corrected chi connectivity index (χ3v) is 9.52. The molecule has 0 N–H and O–H groups in total. The summed E-state index contributed by atoms with van der Waals surface area (Å²) in [4.78, 5) is 0. The molecule has 0 aliphatic heterocycles. The molecule has 0 bridgehead atoms. The minimum Gasteiger partial charge on any atom is -0.463 e. The molecule has 0 amide bonds. The van der Waals surface area contributed by atoms with Crippen LogP contribution in [0.1, 0.15) is 0 Å². The first kappa shape index (κ1) is 25.2. The van der Waals surface area contributed by atoms with E-state index in [2.05, 4.69) is 146 Å². The van der Waals surface area contributed by atoms with Gasteiger partial charge in [0.05, 0.1) is 11.6 Å². The lowest BCUT2D eigenvalue weighted by atomic mass is 9.85. The van der Waals surface area contributed by atoms with Crippen LogP contribution in [0.4, 0.5) is 0 Å². The number of hydrogen-bond donors (Lipinski definition) is 0. The molecule has 214 valence electrons. The van der Waals surface area contributed by atoms with Crippen molar-refractivity contribution in [1.29, 1.82) is 0 Å². The summed E-state index contributed by atoms with van der Waals surface area (Å²) in [6, 6.07) is 54.2. The highest BCUT2D eigenvalue weighted by Gasteiger charge is 2.20. The van der Waals surface area contributed by atoms with Crippen LogP contribution in [-0.4, -0.2) is 0 Å². The van der Waals surface area contributed by atoms with E-state index < -0.39 is 0 Å². The summed E-state index contributed by atoms with van der Waals surface area (Å²) < 4.78 is 12.8. The Morgan fingerprint density at radius 3 is 1.67 bits per heavy atom. The van der Waals surface area contributed by atoms with E-state index in [-0.39, 0.29) is 0 Å². The molecule has 0 radical (unpaired) electrons. The van der Waals surface area contributed by atoms with E-state index in [9.17, 15) is 0 Å². The summed E-state index contributed by atoms with van der Waals surface area (Å²) >= 11 is 0. The van der Waals surface area contributed by atoms with Crippen molar-refractivity contribution in [3.05, 3.63) is 158 Å². The fourth-order valence-corrected chi connectivity index (χ4v) is 7.44. The summed E-state index contributed by atoms with van der Waals surface area (Å²) in [5, 5.41) is 10.6. The summed E-state index contributed by atoms with van der Waals surface area (Å²) in [5.41, 5.74) is 9.60. The van der Waals surface area contributed by atoms with Gasteiger partial charge in [-0.25, -0.2) is 0 Å². The van der Waals surface area contributed by atoms with Crippen molar-refractivity contribution in [2.75, 3.05) is 0 Å². The van der Waals surface area contributed by atoms with Crippen molar-refractivity contribution < 1.29 is 8.83 Å². The number of benzene rings is 8. The first-order valence-corrected chi connectivity index (χ1v) is 15.7. The Hall–Kier alpha value is -6.12. The van der Waals surface area contributed by atoms with E-state index in [1.54, 1.807) is 0 Å². The zero-order valence-corrected chi connectivity index (χ0v) is 24.8. The molecule has 0 fully saturated rings. The Balaban J connectivity index is 1.22. The molecule has 2 heteroatoms. The first-order valence-electron chi connectivity index (χ1n) is 15.7. The molecular formula is C44H26O2. The lowest BCUT2D eigenvalue weighted by Gasteiger charge is -2.18. The molecule has 2 heterocycles. The third kappa shape index (κ3) is 3.65. The van der Waals surface area contributed by atoms with Crippen molar-refractivity contribution in [2.45, 2.75) is 0 Å². The monoisotopic (exact) mass is 586 g/mol. The molecule has 46 heavy (non-hydrogen) atoms. The van der Waals surface area contributed by atoms with Gasteiger partial charge in [0.25, 0.3) is 0 Å². The largest absolute Gasteiger partial charge is 0.463 e. The Labute approximate surface area is 264 Å². The number of hydrogen-bond acceptors (Lipinski definition) is 2. The topological polar surface area (TPSA) is 26.3 Å². The Bertz CT molecular complexity index is 2740. The van der Waals surface area contributed by atoms with E-state index in [0.717, 1.165) is 49.6 Å². The third-order valence-electron chi connectivity index (χ3n) is 9.52. The van der Waals surface area contributed by atoms with Gasteiger partial charge in [-0.3, -0.25) is 0 Å². The van der Waals surface area contributed by atoms with Crippen LogP contribution in [0, 0.1) is 0 Å². The SMILES string of the molecule is c1ccc(-c2coc3c2ccc2oc4cc(-c5c6ccccc6c(-c6ccc7ccccc7c6)c6ccccc56)ccc4c23)cc1. The predicted octanol–water partition coefficient (Wildman–Crippen LogP) is 12.8. The van der Waals surface area contributed by atoms with Gasteiger partial charge in [0, 0.05) is 16.3 Å². The lowest BCUT2D eigenvalue weighted by Crippen LogP contribution is -1.91. The molecule has 2 nitrogen and oxygen atoms in total. The van der Waals surface area contributed by atoms with Gasteiger partial charge in [0.2, 0.25) is 0 Å². The molecule has 0 atom stereocenters. The van der Waals surface area contributed by atoms with Gasteiger partial charge >= 0.3 is 0 Å². The standard InChI is InChI=1S/C44H26O2/c1-2-11-28(12-3-1)38-26-45-44-36(38)22-23-39-43(44)37-21-20-31(25-40(37)46-39)42-34-16-8-6-14-32(34)41(33-15-7-9-17-35(33)42)30-19-18-27-10-4-5-13-29(27)24-30/h1-26H. The maximum Gasteiger partial charge on any atom is 0.146 e. The molecule has 0 spiro atoms. The highest BCUT2D eigenvalue weighted by molar-refractivity contribution is 6.23. The minimum atomic E-state index is 0.829. The van der Waals surface area contributed by atoms with Crippen LogP contribution in [0.3, 0.4) is 0 Å². The molecule has 0 unspecified atom stereocenters. The predicted molar refractivity (Wildman–Crippen MR) is 192 cm³/mol. The first-order chi connectivity index (χ1) is 22.8. The smallest absolute Gasteiger partial charge is 0.146 e. The lowest BCUT2D eigenvalue weighted by molar-refractivity contribution is 0.619. The van der Waals surface area contributed by atoms with Crippen molar-refractivity contribution in [2.24, 2.45) is 0 Å². The van der Waals surface area contributed by atoms with Crippen LogP contribution >= 0.6 is 0 Å². The summed E-state index contributed by atoms with van der Waals surface area (Å²) in [5.74, 6) is 0. The molecule has 2 aromatic heterocycles. The fraction of sp³-hybridized carbons (Fsp3) is 0. The molecule has 0 saturated heterocycles. The molecule has 0 aliphatic rings. The average molecular weight is 587 g/mol. The summed E-state index contributed by atoms with van der Waals surface area (Å²) in [6.07, 6.45) is 1.86. The molecule has 10 aromatic rings. The van der Waals surface area contributed by atoms with Crippen LogP contribution < -0.4 is 0 Å². The molecule has 8 aromatic carbocycles. The second-order valence-corrected chi connectivity index (χ2v) is 12.0. The Morgan fingerprint density at radius 1 is 0.370 bits per heavy atom. The second-order valence-electron chi connectivity index (χ2n) is 12.0. The normalized spacial score (nSPS) is 11.9. The quantitative estimate of drug-likeness (QED) is 0.193. The van der Waals surface area contributed by atoms with Crippen LogP contribution in [0.5, 0.6) is 0 Å². The average Bonchev–Trinajstić information content (AvgIpc) is 3.72. The molecule has 0 aliphatic carbocycles. The van der Waals surface area contributed by atoms with Crippen LogP contribution in [0.25, 0.3) is 98.6 Å². The van der Waals surface area contributed by atoms with Crippen LogP contribution in [0.2, 0.25) is 0 Å². The van der Waals surface area contributed by atoms with Gasteiger partial charge in [-0.1, -0.05) is 121 Å². The zero-order chi connectivity index (χ0) is 30.2. The molecular weight excluding hydrogens is 560 g/mol. The van der Waals surface area contributed by atoms with Gasteiger partial charge in [-0.15, -0.1) is 0 Å². The van der Waals surface area contributed by atoms with E-state index in [1.807, 2.05) is 12.3 Å². The maximum atomic E-state index is 6.54. The van der Waals surface area contributed by atoms with E-state index in [4.69, 9.17) is 8.83 Å². The number of furan rings is 2. The van der Waals surface area contributed by atoms with Crippen molar-refractivity contribution in [1.82, 2.24) is 0 Å². The Morgan fingerprint density at radius 2 is 0.957 bits per heavy atom. The number of rotatable bonds is 3. The summed E-state index contributed by atoms with van der Waals surface area (Å²) in [7, 11) is 0. The Kier molecular flexibility index (Phi) is 5.31. The number of fused-ring (bicyclic) bond motifs is 8. The maximum absolute atomic E-state index is 6.54. The van der Waals surface area contributed by atoms with E-state index >= 15 is 0 Å². The van der Waals surface area contributed by atoms with Crippen LogP contribution in [-0.2, 0) is 0 Å². The van der Waals surface area contributed by atoms with Gasteiger partial charge in [-0.2, -0.15) is 0 Å². The van der Waals surface area contributed by atoms with Crippen molar-refractivity contribution in [3.63, 3.8) is 0 Å². The van der Waals surface area contributed by atoms with Crippen LogP contribution in [0.15, 0.2) is 167 Å². The van der Waals surface area contributed by atoms with E-state index in [1.165, 1.54) is 49.0 Å². The highest BCUT2D eigenvalue weighted by Crippen LogP contribution is 2.46. The van der Waals surface area contributed by atoms with E-state index in [0.29, 0.717) is 0 Å². The second kappa shape index (κ2) is 9.69. The highest BCUT2D eigenvalue weighted by atomic mass is 16.3. The van der Waals surface area contributed by atoms with Crippen molar-refractivity contribution >= 4 is 65.2 Å². The van der Waals surface area contributed by atoms with Gasteiger partial charge in [0.15, 0.2) is 0 Å². The molecule has 0 saturated carbocycles.